The molecule has 5 aromatic rings. The largest absolute Gasteiger partial charge is 0.512 e. The Kier molecular flexibility index (Phi) is 14.3. The number of aryl methyl sites for hydroxylation is 3. The molecular weight excluding hydrogens is 937 g/mol. The second-order valence-electron chi connectivity index (χ2n) is 17.7. The van der Waals surface area contributed by atoms with Crippen LogP contribution >= 0.6 is 11.3 Å². The van der Waals surface area contributed by atoms with Crippen molar-refractivity contribution >= 4 is 38.0 Å². The van der Waals surface area contributed by atoms with Gasteiger partial charge in [0.25, 0.3) is 0 Å². The molecule has 0 saturated heterocycles. The average molecular weight is 989 g/mol. The molecule has 57 heavy (non-hydrogen) atoms. The molecule has 2 heterocycles. The van der Waals surface area contributed by atoms with E-state index in [1.54, 1.807) is 13.8 Å². The summed E-state index contributed by atoms with van der Waals surface area (Å²) in [7, 11) is 0. The van der Waals surface area contributed by atoms with Crippen LogP contribution in [0.3, 0.4) is 0 Å². The van der Waals surface area contributed by atoms with Crippen molar-refractivity contribution in [2.45, 2.75) is 114 Å². The molecule has 311 valence electrons. The smallest absolute Gasteiger partial charge is 0.418 e. The van der Waals surface area contributed by atoms with Gasteiger partial charge in [-0.25, -0.2) is 0 Å². The number of thiophene rings is 1. The number of carbonyl (C=O) groups is 1. The van der Waals surface area contributed by atoms with E-state index in [2.05, 4.69) is 90.7 Å². The Labute approximate surface area is 350 Å². The first-order valence-electron chi connectivity index (χ1n) is 18.5. The van der Waals surface area contributed by atoms with E-state index in [1.165, 1.54) is 16.9 Å². The zero-order valence-electron chi connectivity index (χ0n) is 34.8. The summed E-state index contributed by atoms with van der Waals surface area (Å²) in [5.41, 5.74) is 4.25. The summed E-state index contributed by atoms with van der Waals surface area (Å²) >= 11 is 1.41. The number of rotatable bonds is 6. The third kappa shape index (κ3) is 10.6. The van der Waals surface area contributed by atoms with Gasteiger partial charge in [-0.05, 0) is 79.7 Å². The first kappa shape index (κ1) is 47.8. The first-order valence-corrected chi connectivity index (χ1v) is 19.3. The Hall–Kier alpha value is -3.53. The third-order valence-electron chi connectivity index (χ3n) is 9.85. The minimum absolute atomic E-state index is 0. The van der Waals surface area contributed by atoms with Crippen LogP contribution in [-0.4, -0.2) is 22.1 Å². The number of aliphatic hydroxyl groups is 1. The normalized spacial score (nSPS) is 13.2. The van der Waals surface area contributed by atoms with Gasteiger partial charge < -0.3 is 5.11 Å². The number of benzene rings is 3. The predicted molar refractivity (Wildman–Crippen MR) is 218 cm³/mol. The maximum atomic E-state index is 14.4. The van der Waals surface area contributed by atoms with E-state index in [0.717, 1.165) is 64.4 Å². The Morgan fingerprint density at radius 1 is 0.877 bits per heavy atom. The van der Waals surface area contributed by atoms with E-state index in [1.807, 2.05) is 25.1 Å². The Bertz CT molecular complexity index is 2280. The van der Waals surface area contributed by atoms with Crippen molar-refractivity contribution in [3.8, 4) is 21.7 Å². The fraction of sp³-hybridized carbons (Fsp3) is 0.435. The minimum Gasteiger partial charge on any atom is -0.512 e. The molecule has 0 unspecified atom stereocenters. The van der Waals surface area contributed by atoms with Crippen molar-refractivity contribution in [3.05, 3.63) is 99.9 Å². The molecule has 0 aliphatic rings. The quantitative estimate of drug-likeness (QED) is 0.0798. The van der Waals surface area contributed by atoms with Crippen LogP contribution < -0.4 is 0 Å². The average Bonchev–Trinajstić information content (AvgIpc) is 3.37. The van der Waals surface area contributed by atoms with Crippen LogP contribution in [0.25, 0.3) is 42.6 Å². The summed E-state index contributed by atoms with van der Waals surface area (Å²) < 4.78 is 81.0. The van der Waals surface area contributed by atoms with Gasteiger partial charge in [0.1, 0.15) is 5.41 Å². The number of pyridine rings is 1. The van der Waals surface area contributed by atoms with Gasteiger partial charge in [0.2, 0.25) is 0 Å². The number of nitrogens with zero attached hydrogens (tertiary/aromatic N) is 1. The SMILES string of the molecule is CC(C)/C(O)=C/C(=O)C(C)(C)C(F)(F)F.Cc1cc(CC(C)(C)C)cc(C)c1-c1sc2c(-c3[c-]c4ccccc4c(C(C)(C)C)c3)ncc(C(F)(F)F)c2c1C.[Ir]. The Morgan fingerprint density at radius 2 is 1.44 bits per heavy atom. The number of aromatic nitrogens is 1. The third-order valence-corrected chi connectivity index (χ3v) is 11.2. The molecule has 0 aliphatic carbocycles. The molecule has 0 saturated carbocycles. The van der Waals surface area contributed by atoms with Crippen LogP contribution in [0.2, 0.25) is 0 Å². The molecule has 1 radical (unpaired) electrons. The van der Waals surface area contributed by atoms with Gasteiger partial charge in [-0.1, -0.05) is 96.7 Å². The molecule has 0 bridgehead atoms. The van der Waals surface area contributed by atoms with Crippen molar-refractivity contribution < 1.29 is 56.3 Å². The molecule has 2 aromatic heterocycles. The molecule has 0 amide bonds. The Balaban J connectivity index is 0.000000464. The van der Waals surface area contributed by atoms with Gasteiger partial charge in [-0.3, -0.25) is 9.78 Å². The predicted octanol–water partition coefficient (Wildman–Crippen LogP) is 14.7. The van der Waals surface area contributed by atoms with Crippen LogP contribution in [0.15, 0.2) is 60.5 Å². The van der Waals surface area contributed by atoms with Crippen LogP contribution in [0.4, 0.5) is 26.3 Å². The molecule has 0 fully saturated rings. The molecular formula is C46H52F6IrNO2S-. The van der Waals surface area contributed by atoms with Crippen LogP contribution in [-0.2, 0) is 42.9 Å². The molecule has 0 atom stereocenters. The van der Waals surface area contributed by atoms with Crippen LogP contribution in [0.5, 0.6) is 0 Å². The number of alkyl halides is 6. The summed E-state index contributed by atoms with van der Waals surface area (Å²) in [6.07, 6.45) is -6.54. The zero-order valence-corrected chi connectivity index (χ0v) is 38.0. The van der Waals surface area contributed by atoms with E-state index < -0.39 is 29.1 Å². The van der Waals surface area contributed by atoms with E-state index in [-0.39, 0.29) is 48.0 Å². The molecule has 0 spiro atoms. The topological polar surface area (TPSA) is 50.2 Å². The Morgan fingerprint density at radius 3 is 1.93 bits per heavy atom. The van der Waals surface area contributed by atoms with Crippen molar-refractivity contribution in [2.75, 3.05) is 0 Å². The zero-order chi connectivity index (χ0) is 42.5. The summed E-state index contributed by atoms with van der Waals surface area (Å²) in [4.78, 5) is 16.6. The fourth-order valence-electron chi connectivity index (χ4n) is 6.63. The standard InChI is InChI=1S/C36H37F3NS.C10H15F3O2.Ir/c1-20-14-23(18-34(4,5)6)15-21(2)29(20)32-22(3)30-28(36(37,38)39)19-40-31(33(30)41-32)25-16-24-12-10-11-13-26(24)27(17-25)35(7,8)9;1-6(2)7(14)5-8(15)9(3,4)10(11,12)13;/h10-15,17,19H,18H2,1-9H3;5-6,14H,1-4H3;/q-1;;/b;7-5-;. The number of carbonyl (C=O) groups excluding carboxylic acids is 1. The number of hydrogen-bond donors (Lipinski definition) is 1. The first-order chi connectivity index (χ1) is 25.5. The van der Waals surface area contributed by atoms with Crippen molar-refractivity contribution in [1.29, 1.82) is 0 Å². The molecule has 3 nitrogen and oxygen atoms in total. The van der Waals surface area contributed by atoms with Gasteiger partial charge >= 0.3 is 12.4 Å². The molecule has 1 N–H and O–H groups in total. The number of hydrogen-bond acceptors (Lipinski definition) is 4. The number of aliphatic hydroxyl groups excluding tert-OH is 1. The van der Waals surface area contributed by atoms with E-state index in [4.69, 9.17) is 0 Å². The maximum absolute atomic E-state index is 14.4. The van der Waals surface area contributed by atoms with Crippen LogP contribution in [0.1, 0.15) is 103 Å². The summed E-state index contributed by atoms with van der Waals surface area (Å²) in [6.45, 7) is 23.8. The van der Waals surface area contributed by atoms with Crippen molar-refractivity contribution in [2.24, 2.45) is 16.7 Å². The van der Waals surface area contributed by atoms with Gasteiger partial charge in [-0.15, -0.1) is 40.5 Å². The number of allylic oxidation sites excluding steroid dienone is 2. The monoisotopic (exact) mass is 989 g/mol. The van der Waals surface area contributed by atoms with Crippen molar-refractivity contribution in [1.82, 2.24) is 4.98 Å². The second kappa shape index (κ2) is 17.0. The minimum atomic E-state index is -4.61. The van der Waals surface area contributed by atoms with Crippen molar-refractivity contribution in [3.63, 3.8) is 0 Å². The van der Waals surface area contributed by atoms with Gasteiger partial charge in [0.05, 0.1) is 11.3 Å². The van der Waals surface area contributed by atoms with Crippen LogP contribution in [0, 0.1) is 43.6 Å². The summed E-state index contributed by atoms with van der Waals surface area (Å²) in [6, 6.07) is 18.0. The fourth-order valence-corrected chi connectivity index (χ4v) is 8.14. The molecule has 0 aliphatic heterocycles. The maximum Gasteiger partial charge on any atom is 0.418 e. The second-order valence-corrected chi connectivity index (χ2v) is 18.7. The number of ketones is 1. The molecule has 11 heteroatoms. The summed E-state index contributed by atoms with van der Waals surface area (Å²) in [5, 5.41) is 11.5. The number of halogens is 6. The van der Waals surface area contributed by atoms with Gasteiger partial charge in [0, 0.05) is 59.0 Å². The van der Waals surface area contributed by atoms with Gasteiger partial charge in [0.15, 0.2) is 5.78 Å². The van der Waals surface area contributed by atoms with E-state index in [9.17, 15) is 36.2 Å². The molecule has 5 rings (SSSR count). The van der Waals surface area contributed by atoms with Gasteiger partial charge in [-0.2, -0.15) is 26.3 Å². The molecule has 3 aromatic carbocycles. The number of fused-ring (bicyclic) bond motifs is 2. The summed E-state index contributed by atoms with van der Waals surface area (Å²) in [5.74, 6) is -1.84. The van der Waals surface area contributed by atoms with E-state index >= 15 is 0 Å². The van der Waals surface area contributed by atoms with E-state index in [0.29, 0.717) is 27.6 Å².